The summed E-state index contributed by atoms with van der Waals surface area (Å²) in [4.78, 5) is 14.6. The summed E-state index contributed by atoms with van der Waals surface area (Å²) in [5, 5.41) is 8.83. The zero-order valence-electron chi connectivity index (χ0n) is 12.9. The normalized spacial score (nSPS) is 17.5. The number of aryl methyl sites for hydroxylation is 1. The molecule has 21 heavy (non-hydrogen) atoms. The second-order valence-electron chi connectivity index (χ2n) is 5.64. The van der Waals surface area contributed by atoms with Gasteiger partial charge in [0.2, 0.25) is 0 Å². The zero-order valence-corrected chi connectivity index (χ0v) is 12.9. The molecule has 1 atom stereocenters. The van der Waals surface area contributed by atoms with E-state index in [9.17, 15) is 4.79 Å². The molecule has 0 radical (unpaired) electrons. The van der Waals surface area contributed by atoms with Crippen LogP contribution in [0, 0.1) is 24.7 Å². The molecular weight excluding hydrogens is 262 g/mol. The molecule has 1 aliphatic rings. The summed E-state index contributed by atoms with van der Waals surface area (Å²) in [5.74, 6) is 6.65. The first-order valence-electron chi connectivity index (χ1n) is 7.65. The lowest BCUT2D eigenvalue weighted by molar-refractivity contribution is 0.0786. The Kier molecular flexibility index (Phi) is 5.41. The molecule has 1 aromatic carbocycles. The third kappa shape index (κ3) is 3.86. The molecule has 0 bridgehead atoms. The predicted molar refractivity (Wildman–Crippen MR) is 84.1 cm³/mol. The number of aliphatic hydroxyl groups excluding tert-OH is 1. The first kappa shape index (κ1) is 15.6. The van der Waals surface area contributed by atoms with Crippen molar-refractivity contribution in [2.45, 2.75) is 33.1 Å². The van der Waals surface area contributed by atoms with Crippen molar-refractivity contribution in [3.8, 4) is 11.8 Å². The molecular formula is C18H23NO2. The molecule has 1 fully saturated rings. The van der Waals surface area contributed by atoms with Gasteiger partial charge in [0.15, 0.2) is 0 Å². The molecule has 0 saturated carbocycles. The molecule has 0 aliphatic carbocycles. The van der Waals surface area contributed by atoms with Crippen LogP contribution in [0.15, 0.2) is 18.2 Å². The minimum absolute atomic E-state index is 0.0480. The van der Waals surface area contributed by atoms with Gasteiger partial charge >= 0.3 is 0 Å². The lowest BCUT2D eigenvalue weighted by Crippen LogP contribution is -2.29. The van der Waals surface area contributed by atoms with Crippen LogP contribution in [0.25, 0.3) is 0 Å². The molecule has 3 heteroatoms. The first-order valence-corrected chi connectivity index (χ1v) is 7.65. The van der Waals surface area contributed by atoms with Crippen molar-refractivity contribution in [1.82, 2.24) is 4.90 Å². The molecule has 1 amide bonds. The van der Waals surface area contributed by atoms with Gasteiger partial charge in [-0.1, -0.05) is 31.3 Å². The minimum atomic E-state index is 0.0480. The number of carbonyl (C=O) groups excluding carboxylic acids is 1. The number of aliphatic hydroxyl groups is 1. The van der Waals surface area contributed by atoms with E-state index < -0.39 is 0 Å². The van der Waals surface area contributed by atoms with E-state index in [0.717, 1.165) is 37.1 Å². The monoisotopic (exact) mass is 285 g/mol. The van der Waals surface area contributed by atoms with E-state index in [1.165, 1.54) is 0 Å². The average Bonchev–Trinajstić information content (AvgIpc) is 2.96. The summed E-state index contributed by atoms with van der Waals surface area (Å²) in [7, 11) is 0. The van der Waals surface area contributed by atoms with Crippen LogP contribution in [0.3, 0.4) is 0 Å². The van der Waals surface area contributed by atoms with Gasteiger partial charge in [0.25, 0.3) is 5.91 Å². The maximum atomic E-state index is 12.7. The fourth-order valence-electron chi connectivity index (χ4n) is 2.68. The minimum Gasteiger partial charge on any atom is -0.395 e. The maximum absolute atomic E-state index is 12.7. The number of benzene rings is 1. The molecule has 1 saturated heterocycles. The quantitative estimate of drug-likeness (QED) is 0.867. The molecule has 1 N–H and O–H groups in total. The van der Waals surface area contributed by atoms with Crippen molar-refractivity contribution in [3.63, 3.8) is 0 Å². The smallest absolute Gasteiger partial charge is 0.255 e. The SMILES string of the molecule is CCC1CCN(C(=O)c2ccc(C)cc2C#CCCO)C1. The summed E-state index contributed by atoms with van der Waals surface area (Å²) in [6.45, 7) is 5.92. The number of nitrogens with zero attached hydrogens (tertiary/aromatic N) is 1. The molecule has 1 heterocycles. The Bertz CT molecular complexity index is 568. The topological polar surface area (TPSA) is 40.5 Å². The van der Waals surface area contributed by atoms with Crippen LogP contribution in [0.5, 0.6) is 0 Å². The van der Waals surface area contributed by atoms with Gasteiger partial charge < -0.3 is 10.0 Å². The Labute approximate surface area is 127 Å². The highest BCUT2D eigenvalue weighted by atomic mass is 16.2. The van der Waals surface area contributed by atoms with Gasteiger partial charge in [-0.2, -0.15) is 0 Å². The van der Waals surface area contributed by atoms with Crippen molar-refractivity contribution in [1.29, 1.82) is 0 Å². The van der Waals surface area contributed by atoms with E-state index >= 15 is 0 Å². The molecule has 0 spiro atoms. The van der Waals surface area contributed by atoms with Crippen molar-refractivity contribution < 1.29 is 9.90 Å². The molecule has 3 nitrogen and oxygen atoms in total. The van der Waals surface area contributed by atoms with Crippen LogP contribution in [-0.4, -0.2) is 35.6 Å². The van der Waals surface area contributed by atoms with Gasteiger partial charge in [0.05, 0.1) is 12.2 Å². The Morgan fingerprint density at radius 2 is 2.29 bits per heavy atom. The highest BCUT2D eigenvalue weighted by Crippen LogP contribution is 2.22. The van der Waals surface area contributed by atoms with E-state index in [0.29, 0.717) is 17.9 Å². The second kappa shape index (κ2) is 7.28. The average molecular weight is 285 g/mol. The highest BCUT2D eigenvalue weighted by Gasteiger charge is 2.26. The Hall–Kier alpha value is -1.79. The summed E-state index contributed by atoms with van der Waals surface area (Å²) >= 11 is 0. The van der Waals surface area contributed by atoms with Crippen molar-refractivity contribution in [2.75, 3.05) is 19.7 Å². The predicted octanol–water partition coefficient (Wildman–Crippen LogP) is 2.60. The van der Waals surface area contributed by atoms with Gasteiger partial charge in [-0.05, 0) is 37.0 Å². The third-order valence-corrected chi connectivity index (χ3v) is 4.02. The van der Waals surface area contributed by atoms with Crippen LogP contribution in [-0.2, 0) is 0 Å². The zero-order chi connectivity index (χ0) is 15.2. The number of hydrogen-bond donors (Lipinski definition) is 1. The van der Waals surface area contributed by atoms with Crippen LogP contribution in [0.4, 0.5) is 0 Å². The fourth-order valence-corrected chi connectivity index (χ4v) is 2.68. The van der Waals surface area contributed by atoms with Crippen molar-refractivity contribution >= 4 is 5.91 Å². The second-order valence-corrected chi connectivity index (χ2v) is 5.64. The molecule has 1 aliphatic heterocycles. The largest absolute Gasteiger partial charge is 0.395 e. The third-order valence-electron chi connectivity index (χ3n) is 4.02. The lowest BCUT2D eigenvalue weighted by Gasteiger charge is -2.17. The van der Waals surface area contributed by atoms with E-state index in [4.69, 9.17) is 5.11 Å². The van der Waals surface area contributed by atoms with Gasteiger partial charge in [-0.25, -0.2) is 0 Å². The standard InChI is InChI=1S/C18H23NO2/c1-3-15-9-10-19(13-15)18(21)17-8-7-14(2)12-16(17)6-4-5-11-20/h7-8,12,15,20H,3,5,9-11,13H2,1-2H3. The van der Waals surface area contributed by atoms with Gasteiger partial charge in [0.1, 0.15) is 0 Å². The Morgan fingerprint density at radius 1 is 1.48 bits per heavy atom. The van der Waals surface area contributed by atoms with Gasteiger partial charge in [-0.15, -0.1) is 0 Å². The maximum Gasteiger partial charge on any atom is 0.255 e. The summed E-state index contributed by atoms with van der Waals surface area (Å²) in [6.07, 6.45) is 2.66. The first-order chi connectivity index (χ1) is 10.2. The number of rotatable bonds is 3. The summed E-state index contributed by atoms with van der Waals surface area (Å²) in [5.41, 5.74) is 2.55. The van der Waals surface area contributed by atoms with Crippen LogP contribution in [0.2, 0.25) is 0 Å². The number of hydrogen-bond acceptors (Lipinski definition) is 2. The highest BCUT2D eigenvalue weighted by molar-refractivity contribution is 5.97. The van der Waals surface area contributed by atoms with Crippen LogP contribution in [0.1, 0.15) is 47.7 Å². The number of carbonyl (C=O) groups is 1. The summed E-state index contributed by atoms with van der Waals surface area (Å²) in [6, 6.07) is 5.78. The molecule has 112 valence electrons. The van der Waals surface area contributed by atoms with Crippen molar-refractivity contribution in [3.05, 3.63) is 34.9 Å². The number of amides is 1. The van der Waals surface area contributed by atoms with E-state index in [1.54, 1.807) is 0 Å². The van der Waals surface area contributed by atoms with Crippen LogP contribution >= 0.6 is 0 Å². The molecule has 0 aromatic heterocycles. The van der Waals surface area contributed by atoms with Gasteiger partial charge in [-0.3, -0.25) is 4.79 Å². The Balaban J connectivity index is 2.23. The molecule has 2 rings (SSSR count). The van der Waals surface area contributed by atoms with Gasteiger partial charge in [0, 0.05) is 25.1 Å². The Morgan fingerprint density at radius 3 is 2.95 bits per heavy atom. The van der Waals surface area contributed by atoms with E-state index in [-0.39, 0.29) is 12.5 Å². The number of likely N-dealkylation sites (tertiary alicyclic amines) is 1. The van der Waals surface area contributed by atoms with Crippen LogP contribution < -0.4 is 0 Å². The molecule has 1 aromatic rings. The molecule has 1 unspecified atom stereocenters. The van der Waals surface area contributed by atoms with Crippen molar-refractivity contribution in [2.24, 2.45) is 5.92 Å². The van der Waals surface area contributed by atoms with E-state index in [1.807, 2.05) is 30.0 Å². The van der Waals surface area contributed by atoms with E-state index in [2.05, 4.69) is 18.8 Å². The fraction of sp³-hybridized carbons (Fsp3) is 0.500. The summed E-state index contributed by atoms with van der Waals surface area (Å²) < 4.78 is 0. The lowest BCUT2D eigenvalue weighted by atomic mass is 10.0.